The van der Waals surface area contributed by atoms with Gasteiger partial charge in [-0.1, -0.05) is 6.92 Å². The summed E-state index contributed by atoms with van der Waals surface area (Å²) in [7, 11) is 0. The van der Waals surface area contributed by atoms with Crippen molar-refractivity contribution in [2.24, 2.45) is 11.7 Å². The molecule has 0 aromatic heterocycles. The number of hydrogen-bond acceptors (Lipinski definition) is 2. The van der Waals surface area contributed by atoms with Crippen molar-refractivity contribution in [1.29, 1.82) is 0 Å². The van der Waals surface area contributed by atoms with E-state index in [1.54, 1.807) is 0 Å². The first kappa shape index (κ1) is 12.8. The van der Waals surface area contributed by atoms with Crippen molar-refractivity contribution in [3.63, 3.8) is 0 Å². The van der Waals surface area contributed by atoms with E-state index in [-0.39, 0.29) is 6.04 Å². The second-order valence-electron chi connectivity index (χ2n) is 4.73. The monoisotopic (exact) mass is 224 g/mol. The summed E-state index contributed by atoms with van der Waals surface area (Å²) >= 11 is 0. The first-order valence-electron chi connectivity index (χ1n) is 5.31. The van der Waals surface area contributed by atoms with Crippen LogP contribution in [0.3, 0.4) is 0 Å². The van der Waals surface area contributed by atoms with Gasteiger partial charge in [0.2, 0.25) is 0 Å². The fourth-order valence-electron chi connectivity index (χ4n) is 2.51. The first-order chi connectivity index (χ1) is 6.73. The minimum Gasteiger partial charge on any atom is -0.326 e. The number of alkyl halides is 3. The quantitative estimate of drug-likeness (QED) is 0.777. The first-order valence-corrected chi connectivity index (χ1v) is 5.31. The molecule has 4 atom stereocenters. The molecule has 15 heavy (non-hydrogen) atoms. The molecule has 1 aliphatic rings. The number of nitrogens with two attached hydrogens (primary N) is 1. The minimum absolute atomic E-state index is 0.0300. The molecule has 1 fully saturated rings. The molecule has 1 heterocycles. The second kappa shape index (κ2) is 4.29. The van der Waals surface area contributed by atoms with Crippen LogP contribution in [0.2, 0.25) is 0 Å². The largest absolute Gasteiger partial charge is 0.405 e. The molecule has 0 amide bonds. The molecule has 1 aliphatic heterocycles. The lowest BCUT2D eigenvalue weighted by molar-refractivity contribution is -0.189. The number of hydrogen-bond donors (Lipinski definition) is 1. The molecule has 0 bridgehead atoms. The molecule has 1 saturated heterocycles. The van der Waals surface area contributed by atoms with Crippen molar-refractivity contribution in [3.8, 4) is 0 Å². The molecule has 0 aromatic rings. The molecule has 0 spiro atoms. The standard InChI is InChI=1S/C10H19F3N2/c1-6-4-7(2)15(5-6)9(8(3)14)10(11,12)13/h6-9H,4-5,14H2,1-3H3. The topological polar surface area (TPSA) is 29.3 Å². The fraction of sp³-hybridized carbons (Fsp3) is 1.00. The smallest absolute Gasteiger partial charge is 0.326 e. The Morgan fingerprint density at radius 2 is 1.87 bits per heavy atom. The van der Waals surface area contributed by atoms with Crippen LogP contribution in [0.4, 0.5) is 13.2 Å². The third kappa shape index (κ3) is 2.84. The van der Waals surface area contributed by atoms with Gasteiger partial charge in [-0.15, -0.1) is 0 Å². The van der Waals surface area contributed by atoms with Gasteiger partial charge in [-0.2, -0.15) is 13.2 Å². The van der Waals surface area contributed by atoms with Crippen molar-refractivity contribution in [3.05, 3.63) is 0 Å². The van der Waals surface area contributed by atoms with E-state index >= 15 is 0 Å². The molecule has 0 radical (unpaired) electrons. The molecule has 0 aliphatic carbocycles. The van der Waals surface area contributed by atoms with E-state index in [9.17, 15) is 13.2 Å². The SMILES string of the molecule is CC1CC(C)N(C(C(C)N)C(F)(F)F)C1. The Balaban J connectivity index is 2.81. The molecule has 0 saturated carbocycles. The molecule has 0 aromatic carbocycles. The Morgan fingerprint density at radius 3 is 2.13 bits per heavy atom. The van der Waals surface area contributed by atoms with Gasteiger partial charge < -0.3 is 5.73 Å². The number of halogens is 3. The summed E-state index contributed by atoms with van der Waals surface area (Å²) in [6.07, 6.45) is -3.41. The van der Waals surface area contributed by atoms with Crippen LogP contribution in [0.5, 0.6) is 0 Å². The lowest BCUT2D eigenvalue weighted by atomic mass is 10.1. The number of likely N-dealkylation sites (tertiary alicyclic amines) is 1. The van der Waals surface area contributed by atoms with Crippen LogP contribution in [-0.4, -0.2) is 35.7 Å². The number of nitrogens with zero attached hydrogens (tertiary/aromatic N) is 1. The van der Waals surface area contributed by atoms with Gasteiger partial charge in [0.15, 0.2) is 0 Å². The zero-order chi connectivity index (χ0) is 11.8. The fourth-order valence-corrected chi connectivity index (χ4v) is 2.51. The van der Waals surface area contributed by atoms with Crippen LogP contribution in [0, 0.1) is 5.92 Å². The summed E-state index contributed by atoms with van der Waals surface area (Å²) in [5.41, 5.74) is 5.45. The van der Waals surface area contributed by atoms with E-state index < -0.39 is 18.3 Å². The van der Waals surface area contributed by atoms with Gasteiger partial charge in [-0.05, 0) is 26.2 Å². The minimum atomic E-state index is -4.23. The average Bonchev–Trinajstić information content (AvgIpc) is 2.26. The van der Waals surface area contributed by atoms with Gasteiger partial charge >= 0.3 is 6.18 Å². The van der Waals surface area contributed by atoms with Gasteiger partial charge in [0.05, 0.1) is 0 Å². The third-order valence-corrected chi connectivity index (χ3v) is 3.02. The predicted molar refractivity (Wildman–Crippen MR) is 53.4 cm³/mol. The molecular formula is C10H19F3N2. The van der Waals surface area contributed by atoms with Crippen molar-refractivity contribution >= 4 is 0 Å². The van der Waals surface area contributed by atoms with Crippen molar-refractivity contribution in [2.45, 2.75) is 51.5 Å². The van der Waals surface area contributed by atoms with E-state index in [0.717, 1.165) is 6.42 Å². The van der Waals surface area contributed by atoms with Gasteiger partial charge in [-0.3, -0.25) is 4.90 Å². The van der Waals surface area contributed by atoms with Crippen LogP contribution >= 0.6 is 0 Å². The Bertz CT molecular complexity index is 215. The Kier molecular flexibility index (Phi) is 3.66. The van der Waals surface area contributed by atoms with Crippen LogP contribution in [0.25, 0.3) is 0 Å². The predicted octanol–water partition coefficient (Wildman–Crippen LogP) is 1.99. The lowest BCUT2D eigenvalue weighted by Gasteiger charge is -2.35. The summed E-state index contributed by atoms with van der Waals surface area (Å²) < 4.78 is 38.4. The van der Waals surface area contributed by atoms with Gasteiger partial charge in [0.25, 0.3) is 0 Å². The highest BCUT2D eigenvalue weighted by molar-refractivity contribution is 4.93. The molecule has 1 rings (SSSR count). The summed E-state index contributed by atoms with van der Waals surface area (Å²) in [4.78, 5) is 1.50. The second-order valence-corrected chi connectivity index (χ2v) is 4.73. The van der Waals surface area contributed by atoms with Gasteiger partial charge in [-0.25, -0.2) is 0 Å². The summed E-state index contributed by atoms with van der Waals surface area (Å²) in [6.45, 7) is 5.73. The van der Waals surface area contributed by atoms with E-state index in [1.165, 1.54) is 11.8 Å². The molecule has 5 heteroatoms. The van der Waals surface area contributed by atoms with E-state index in [0.29, 0.717) is 12.5 Å². The zero-order valence-electron chi connectivity index (χ0n) is 9.38. The van der Waals surface area contributed by atoms with Crippen molar-refractivity contribution < 1.29 is 13.2 Å². The lowest BCUT2D eigenvalue weighted by Crippen LogP contribution is -2.56. The molecule has 2 nitrogen and oxygen atoms in total. The molecular weight excluding hydrogens is 205 g/mol. The van der Waals surface area contributed by atoms with Crippen LogP contribution < -0.4 is 5.73 Å². The van der Waals surface area contributed by atoms with E-state index in [2.05, 4.69) is 0 Å². The average molecular weight is 224 g/mol. The van der Waals surface area contributed by atoms with Crippen LogP contribution in [-0.2, 0) is 0 Å². The zero-order valence-corrected chi connectivity index (χ0v) is 9.38. The van der Waals surface area contributed by atoms with Gasteiger partial charge in [0.1, 0.15) is 6.04 Å². The maximum absolute atomic E-state index is 12.8. The molecule has 90 valence electrons. The summed E-state index contributed by atoms with van der Waals surface area (Å²) in [5, 5.41) is 0. The molecule has 2 N–H and O–H groups in total. The summed E-state index contributed by atoms with van der Waals surface area (Å²) in [6, 6.07) is -2.41. The van der Waals surface area contributed by atoms with Crippen molar-refractivity contribution in [2.75, 3.05) is 6.54 Å². The van der Waals surface area contributed by atoms with E-state index in [4.69, 9.17) is 5.73 Å². The summed E-state index contributed by atoms with van der Waals surface area (Å²) in [5.74, 6) is 0.323. The number of rotatable bonds is 2. The van der Waals surface area contributed by atoms with Gasteiger partial charge in [0, 0.05) is 18.6 Å². The highest BCUT2D eigenvalue weighted by atomic mass is 19.4. The Labute approximate surface area is 88.6 Å². The Hall–Kier alpha value is -0.290. The Morgan fingerprint density at radius 1 is 1.33 bits per heavy atom. The van der Waals surface area contributed by atoms with Crippen molar-refractivity contribution in [1.82, 2.24) is 4.90 Å². The maximum atomic E-state index is 12.8. The maximum Gasteiger partial charge on any atom is 0.405 e. The highest BCUT2D eigenvalue weighted by Gasteiger charge is 2.49. The third-order valence-electron chi connectivity index (χ3n) is 3.02. The van der Waals surface area contributed by atoms with E-state index in [1.807, 2.05) is 13.8 Å². The van der Waals surface area contributed by atoms with Crippen LogP contribution in [0.15, 0.2) is 0 Å². The highest BCUT2D eigenvalue weighted by Crippen LogP contribution is 2.33. The van der Waals surface area contributed by atoms with Crippen LogP contribution in [0.1, 0.15) is 27.2 Å². The normalized spacial score (nSPS) is 33.0. The molecule has 4 unspecified atom stereocenters.